The van der Waals surface area contributed by atoms with Crippen LogP contribution in [0.5, 0.6) is 11.5 Å². The molecular weight excluding hydrogens is 368 g/mol. The molecule has 0 bridgehead atoms. The standard InChI is InChI=1S/C22H22N4O3/c1-25-13-5-10-19(25)22(28)26-14-6-9-18(26)21(27)24-17-8-2-3-11-20(17)29-16-7-4-12-23-15-16/h2-5,7-8,10-13,15,18H,6,9,14H2,1H3,(H,24,27)/t18-/m0/s1. The first kappa shape index (κ1) is 18.7. The second kappa shape index (κ2) is 8.18. The van der Waals surface area contributed by atoms with E-state index in [1.807, 2.05) is 31.4 Å². The number of ether oxygens (including phenoxy) is 1. The highest BCUT2D eigenvalue weighted by molar-refractivity contribution is 6.01. The van der Waals surface area contributed by atoms with E-state index in [0.29, 0.717) is 35.8 Å². The second-order valence-corrected chi connectivity index (χ2v) is 6.94. The summed E-state index contributed by atoms with van der Waals surface area (Å²) in [5.41, 5.74) is 1.13. The van der Waals surface area contributed by atoms with E-state index < -0.39 is 6.04 Å². The summed E-state index contributed by atoms with van der Waals surface area (Å²) in [5.74, 6) is 0.755. The largest absolute Gasteiger partial charge is 0.454 e. The summed E-state index contributed by atoms with van der Waals surface area (Å²) in [6, 6.07) is 13.9. The molecule has 1 saturated heterocycles. The minimum absolute atomic E-state index is 0.130. The van der Waals surface area contributed by atoms with Gasteiger partial charge in [-0.25, -0.2) is 0 Å². The topological polar surface area (TPSA) is 76.5 Å². The summed E-state index contributed by atoms with van der Waals surface area (Å²) in [4.78, 5) is 31.6. The first-order chi connectivity index (χ1) is 14.1. The minimum atomic E-state index is -0.510. The monoisotopic (exact) mass is 390 g/mol. The molecule has 0 radical (unpaired) electrons. The molecule has 2 amide bonds. The third-order valence-corrected chi connectivity index (χ3v) is 4.99. The minimum Gasteiger partial charge on any atom is -0.454 e. The van der Waals surface area contributed by atoms with E-state index in [0.717, 1.165) is 6.42 Å². The molecule has 0 saturated carbocycles. The predicted molar refractivity (Wildman–Crippen MR) is 109 cm³/mol. The summed E-state index contributed by atoms with van der Waals surface area (Å²) in [6.45, 7) is 0.565. The van der Waals surface area contributed by atoms with Crippen molar-refractivity contribution in [2.75, 3.05) is 11.9 Å². The number of benzene rings is 1. The summed E-state index contributed by atoms with van der Waals surface area (Å²) in [7, 11) is 1.82. The van der Waals surface area contributed by atoms with Crippen molar-refractivity contribution >= 4 is 17.5 Å². The molecule has 0 unspecified atom stereocenters. The third kappa shape index (κ3) is 3.99. The second-order valence-electron chi connectivity index (χ2n) is 6.94. The van der Waals surface area contributed by atoms with E-state index in [2.05, 4.69) is 10.3 Å². The molecule has 1 N–H and O–H groups in total. The number of carbonyl (C=O) groups excluding carboxylic acids is 2. The lowest BCUT2D eigenvalue weighted by molar-refractivity contribution is -0.119. The molecule has 7 heteroatoms. The highest BCUT2D eigenvalue weighted by atomic mass is 16.5. The lowest BCUT2D eigenvalue weighted by atomic mass is 10.2. The van der Waals surface area contributed by atoms with Crippen LogP contribution in [0.25, 0.3) is 0 Å². The first-order valence-electron chi connectivity index (χ1n) is 9.53. The molecule has 1 aliphatic rings. The van der Waals surface area contributed by atoms with E-state index in [4.69, 9.17) is 4.74 Å². The molecule has 1 aliphatic heterocycles. The molecule has 148 valence electrons. The number of carbonyl (C=O) groups is 2. The number of aromatic nitrogens is 2. The number of likely N-dealkylation sites (tertiary alicyclic amines) is 1. The van der Waals surface area contributed by atoms with Crippen LogP contribution >= 0.6 is 0 Å². The normalized spacial score (nSPS) is 15.9. The Morgan fingerprint density at radius 2 is 2.00 bits per heavy atom. The maximum Gasteiger partial charge on any atom is 0.271 e. The molecule has 0 spiro atoms. The van der Waals surface area contributed by atoms with Crippen molar-refractivity contribution in [3.05, 3.63) is 72.8 Å². The van der Waals surface area contributed by atoms with Gasteiger partial charge in [0.25, 0.3) is 5.91 Å². The quantitative estimate of drug-likeness (QED) is 0.724. The van der Waals surface area contributed by atoms with Gasteiger partial charge >= 0.3 is 0 Å². The molecule has 2 aromatic heterocycles. The van der Waals surface area contributed by atoms with Gasteiger partial charge in [-0.05, 0) is 49.2 Å². The molecule has 7 nitrogen and oxygen atoms in total. The van der Waals surface area contributed by atoms with Gasteiger partial charge in [-0.15, -0.1) is 0 Å². The fourth-order valence-electron chi connectivity index (χ4n) is 3.52. The molecule has 3 heterocycles. The van der Waals surface area contributed by atoms with E-state index in [1.54, 1.807) is 52.2 Å². The molecular formula is C22H22N4O3. The number of rotatable bonds is 5. The van der Waals surface area contributed by atoms with Crippen LogP contribution in [0.1, 0.15) is 23.3 Å². The Morgan fingerprint density at radius 1 is 1.14 bits per heavy atom. The van der Waals surface area contributed by atoms with Gasteiger partial charge in [0.1, 0.15) is 17.5 Å². The average molecular weight is 390 g/mol. The number of para-hydroxylation sites is 2. The van der Waals surface area contributed by atoms with E-state index in [1.165, 1.54) is 0 Å². The van der Waals surface area contributed by atoms with Crippen molar-refractivity contribution in [3.8, 4) is 11.5 Å². The molecule has 29 heavy (non-hydrogen) atoms. The summed E-state index contributed by atoms with van der Waals surface area (Å²) in [6.07, 6.45) is 6.52. The molecule has 1 aromatic carbocycles. The summed E-state index contributed by atoms with van der Waals surface area (Å²) in [5, 5.41) is 2.93. The Balaban J connectivity index is 1.51. The fourth-order valence-corrected chi connectivity index (χ4v) is 3.52. The molecule has 3 aromatic rings. The van der Waals surface area contributed by atoms with Gasteiger partial charge in [0.2, 0.25) is 5.91 Å². The maximum absolute atomic E-state index is 13.0. The average Bonchev–Trinajstić information content (AvgIpc) is 3.39. The van der Waals surface area contributed by atoms with Crippen LogP contribution in [0.4, 0.5) is 5.69 Å². The van der Waals surface area contributed by atoms with Crippen LogP contribution < -0.4 is 10.1 Å². The predicted octanol–water partition coefficient (Wildman–Crippen LogP) is 3.46. The zero-order chi connectivity index (χ0) is 20.2. The number of hydrogen-bond acceptors (Lipinski definition) is 4. The van der Waals surface area contributed by atoms with Crippen molar-refractivity contribution in [1.29, 1.82) is 0 Å². The zero-order valence-corrected chi connectivity index (χ0v) is 16.1. The SMILES string of the molecule is Cn1cccc1C(=O)N1CCC[C@H]1C(=O)Nc1ccccc1Oc1cccnc1. The van der Waals surface area contributed by atoms with Gasteiger partial charge in [0.05, 0.1) is 11.9 Å². The molecule has 1 fully saturated rings. The zero-order valence-electron chi connectivity index (χ0n) is 16.1. The lowest BCUT2D eigenvalue weighted by Gasteiger charge is -2.24. The van der Waals surface area contributed by atoms with Crippen LogP contribution in [0.3, 0.4) is 0 Å². The highest BCUT2D eigenvalue weighted by Gasteiger charge is 2.35. The Labute approximate surface area is 168 Å². The summed E-state index contributed by atoms with van der Waals surface area (Å²) >= 11 is 0. The number of anilines is 1. The Morgan fingerprint density at radius 3 is 2.76 bits per heavy atom. The number of hydrogen-bond donors (Lipinski definition) is 1. The summed E-state index contributed by atoms with van der Waals surface area (Å²) < 4.78 is 7.63. The van der Waals surface area contributed by atoms with Gasteiger partial charge < -0.3 is 19.5 Å². The highest BCUT2D eigenvalue weighted by Crippen LogP contribution is 2.30. The van der Waals surface area contributed by atoms with Crippen molar-refractivity contribution in [2.45, 2.75) is 18.9 Å². The number of aryl methyl sites for hydroxylation is 1. The Kier molecular flexibility index (Phi) is 5.29. The first-order valence-corrected chi connectivity index (χ1v) is 9.53. The lowest BCUT2D eigenvalue weighted by Crippen LogP contribution is -2.43. The Bertz CT molecular complexity index is 1020. The Hall–Kier alpha value is -3.61. The van der Waals surface area contributed by atoms with Crippen molar-refractivity contribution in [1.82, 2.24) is 14.5 Å². The van der Waals surface area contributed by atoms with Crippen molar-refractivity contribution in [2.24, 2.45) is 7.05 Å². The van der Waals surface area contributed by atoms with E-state index >= 15 is 0 Å². The maximum atomic E-state index is 13.0. The van der Waals surface area contributed by atoms with E-state index in [-0.39, 0.29) is 11.8 Å². The molecule has 4 rings (SSSR count). The van der Waals surface area contributed by atoms with Crippen LogP contribution in [0, 0.1) is 0 Å². The number of nitrogens with zero attached hydrogens (tertiary/aromatic N) is 3. The van der Waals surface area contributed by atoms with Gasteiger partial charge in [0.15, 0.2) is 5.75 Å². The van der Waals surface area contributed by atoms with Crippen LogP contribution in [-0.4, -0.2) is 38.9 Å². The van der Waals surface area contributed by atoms with Crippen molar-refractivity contribution < 1.29 is 14.3 Å². The van der Waals surface area contributed by atoms with E-state index in [9.17, 15) is 9.59 Å². The number of amides is 2. The van der Waals surface area contributed by atoms with Gasteiger partial charge in [-0.2, -0.15) is 0 Å². The van der Waals surface area contributed by atoms with Gasteiger partial charge in [-0.3, -0.25) is 14.6 Å². The van der Waals surface area contributed by atoms with Crippen molar-refractivity contribution in [3.63, 3.8) is 0 Å². The molecule has 0 aliphatic carbocycles. The van der Waals surface area contributed by atoms with Gasteiger partial charge in [-0.1, -0.05) is 12.1 Å². The van der Waals surface area contributed by atoms with Crippen LogP contribution in [-0.2, 0) is 11.8 Å². The number of nitrogens with one attached hydrogen (secondary N) is 1. The van der Waals surface area contributed by atoms with Crippen LogP contribution in [0.2, 0.25) is 0 Å². The third-order valence-electron chi connectivity index (χ3n) is 4.99. The fraction of sp³-hybridized carbons (Fsp3) is 0.227. The van der Waals surface area contributed by atoms with Crippen LogP contribution in [0.15, 0.2) is 67.1 Å². The smallest absolute Gasteiger partial charge is 0.271 e. The number of pyridine rings is 1. The molecule has 1 atom stereocenters. The van der Waals surface area contributed by atoms with Gasteiger partial charge in [0, 0.05) is 26.0 Å².